The van der Waals surface area contributed by atoms with E-state index < -0.39 is 10.0 Å². The van der Waals surface area contributed by atoms with Gasteiger partial charge in [-0.15, -0.1) is 4.83 Å². The Morgan fingerprint density at radius 3 is 2.41 bits per heavy atom. The van der Waals surface area contributed by atoms with E-state index in [0.29, 0.717) is 10.6 Å². The minimum absolute atomic E-state index is 0.0438. The zero-order chi connectivity index (χ0) is 13.2. The number of rotatable bonds is 4. The van der Waals surface area contributed by atoms with Crippen LogP contribution in [0.3, 0.4) is 0 Å². The van der Waals surface area contributed by atoms with Crippen molar-refractivity contribution in [2.24, 2.45) is 5.73 Å². The molecule has 1 aromatic carbocycles. The fraction of sp³-hybridized carbons (Fsp3) is 0.333. The molecule has 1 rings (SSSR count). The molecule has 0 radical (unpaired) electrons. The molecule has 96 valence electrons. The molecule has 5 nitrogen and oxygen atoms in total. The Balaban J connectivity index is 3.34. The lowest BCUT2D eigenvalue weighted by atomic mass is 10.2. The van der Waals surface area contributed by atoms with Crippen LogP contribution >= 0.6 is 23.2 Å². The SMILES string of the molecule is CN(C)NS(=O)(=O)c1ccc(Cl)c(CN)c1Cl. The first-order valence-electron chi connectivity index (χ1n) is 4.66. The summed E-state index contributed by atoms with van der Waals surface area (Å²) in [4.78, 5) is 2.24. The van der Waals surface area contributed by atoms with Crippen molar-refractivity contribution >= 4 is 33.2 Å². The Hall–Kier alpha value is -0.370. The summed E-state index contributed by atoms with van der Waals surface area (Å²) >= 11 is 11.8. The molecule has 3 N–H and O–H groups in total. The van der Waals surface area contributed by atoms with Gasteiger partial charge in [-0.05, 0) is 12.1 Å². The second kappa shape index (κ2) is 5.51. The molecule has 17 heavy (non-hydrogen) atoms. The number of hydrogen-bond donors (Lipinski definition) is 2. The predicted octanol–water partition coefficient (Wildman–Crippen LogP) is 1.21. The second-order valence-electron chi connectivity index (χ2n) is 3.53. The summed E-state index contributed by atoms with van der Waals surface area (Å²) in [6.45, 7) is 0.0724. The molecular weight excluding hydrogens is 285 g/mol. The Kier molecular flexibility index (Phi) is 4.77. The number of nitrogens with zero attached hydrogens (tertiary/aromatic N) is 1. The maximum absolute atomic E-state index is 11.9. The standard InChI is InChI=1S/C9H13Cl2N3O2S/c1-14(2)13-17(15,16)8-4-3-7(10)6(5-12)9(8)11/h3-4,13H,5,12H2,1-2H3. The first-order valence-corrected chi connectivity index (χ1v) is 6.90. The van der Waals surface area contributed by atoms with Gasteiger partial charge in [0.1, 0.15) is 4.90 Å². The largest absolute Gasteiger partial charge is 0.326 e. The quantitative estimate of drug-likeness (QED) is 0.819. The lowest BCUT2D eigenvalue weighted by Gasteiger charge is -2.15. The predicted molar refractivity (Wildman–Crippen MR) is 68.4 cm³/mol. The van der Waals surface area contributed by atoms with Crippen molar-refractivity contribution in [2.75, 3.05) is 14.1 Å². The zero-order valence-corrected chi connectivity index (χ0v) is 11.7. The zero-order valence-electron chi connectivity index (χ0n) is 9.37. The summed E-state index contributed by atoms with van der Waals surface area (Å²) in [5.74, 6) is 0. The molecular formula is C9H13Cl2N3O2S. The van der Waals surface area contributed by atoms with Crippen molar-refractivity contribution in [3.05, 3.63) is 27.7 Å². The molecule has 0 unspecified atom stereocenters. The van der Waals surface area contributed by atoms with Crippen LogP contribution in [0, 0.1) is 0 Å². The Morgan fingerprint density at radius 1 is 1.35 bits per heavy atom. The molecule has 0 saturated heterocycles. The molecule has 0 saturated carbocycles. The highest BCUT2D eigenvalue weighted by Crippen LogP contribution is 2.30. The number of nitrogens with two attached hydrogens (primary N) is 1. The molecule has 0 bridgehead atoms. The minimum atomic E-state index is -3.71. The van der Waals surface area contributed by atoms with Crippen molar-refractivity contribution in [3.63, 3.8) is 0 Å². The number of hydrazine groups is 1. The van der Waals surface area contributed by atoms with E-state index in [1.165, 1.54) is 17.1 Å². The van der Waals surface area contributed by atoms with Gasteiger partial charge in [0.25, 0.3) is 10.0 Å². The third kappa shape index (κ3) is 3.31. The summed E-state index contributed by atoms with van der Waals surface area (Å²) in [6.07, 6.45) is 0. The van der Waals surface area contributed by atoms with Gasteiger partial charge in [-0.1, -0.05) is 23.2 Å². The van der Waals surface area contributed by atoms with Crippen LogP contribution in [0.5, 0.6) is 0 Å². The molecule has 0 fully saturated rings. The first kappa shape index (κ1) is 14.7. The van der Waals surface area contributed by atoms with E-state index in [1.54, 1.807) is 14.1 Å². The van der Waals surface area contributed by atoms with Crippen molar-refractivity contribution in [1.29, 1.82) is 0 Å². The number of nitrogens with one attached hydrogen (secondary N) is 1. The first-order chi connectivity index (χ1) is 7.79. The van der Waals surface area contributed by atoms with Gasteiger partial charge < -0.3 is 5.73 Å². The monoisotopic (exact) mass is 297 g/mol. The second-order valence-corrected chi connectivity index (χ2v) is 5.95. The van der Waals surface area contributed by atoms with Crippen molar-refractivity contribution in [3.8, 4) is 0 Å². The van der Waals surface area contributed by atoms with Gasteiger partial charge in [0.15, 0.2) is 0 Å². The summed E-state index contributed by atoms with van der Waals surface area (Å²) in [6, 6.07) is 2.80. The van der Waals surface area contributed by atoms with E-state index >= 15 is 0 Å². The molecule has 8 heteroatoms. The van der Waals surface area contributed by atoms with E-state index in [2.05, 4.69) is 4.83 Å². The maximum atomic E-state index is 11.9. The highest BCUT2D eigenvalue weighted by Gasteiger charge is 2.21. The molecule has 0 aliphatic carbocycles. The van der Waals surface area contributed by atoms with E-state index in [4.69, 9.17) is 28.9 Å². The smallest absolute Gasteiger partial charge is 0.254 e. The van der Waals surface area contributed by atoms with Gasteiger partial charge in [0, 0.05) is 31.2 Å². The van der Waals surface area contributed by atoms with Crippen molar-refractivity contribution in [1.82, 2.24) is 9.84 Å². The fourth-order valence-corrected chi connectivity index (χ4v) is 3.28. The third-order valence-electron chi connectivity index (χ3n) is 1.95. The minimum Gasteiger partial charge on any atom is -0.326 e. The van der Waals surface area contributed by atoms with Crippen molar-refractivity contribution in [2.45, 2.75) is 11.4 Å². The summed E-state index contributed by atoms with van der Waals surface area (Å²) in [5.41, 5.74) is 5.88. The molecule has 0 aliphatic rings. The number of halogens is 2. The molecule has 0 amide bonds. The molecule has 0 aromatic heterocycles. The fourth-order valence-electron chi connectivity index (χ4n) is 1.26. The van der Waals surface area contributed by atoms with E-state index in [1.807, 2.05) is 0 Å². The van der Waals surface area contributed by atoms with E-state index in [-0.39, 0.29) is 16.5 Å². The average Bonchev–Trinajstić information content (AvgIpc) is 2.15. The van der Waals surface area contributed by atoms with Gasteiger partial charge in [-0.3, -0.25) is 0 Å². The Morgan fingerprint density at radius 2 is 1.94 bits per heavy atom. The van der Waals surface area contributed by atoms with Gasteiger partial charge in [0.2, 0.25) is 0 Å². The Bertz CT molecular complexity index is 517. The normalized spacial score (nSPS) is 12.1. The lowest BCUT2D eigenvalue weighted by molar-refractivity contribution is 0.364. The van der Waals surface area contributed by atoms with E-state index in [9.17, 15) is 8.42 Å². The van der Waals surface area contributed by atoms with Gasteiger partial charge in [-0.2, -0.15) is 0 Å². The number of sulfonamides is 1. The van der Waals surface area contributed by atoms with Crippen LogP contribution in [0.1, 0.15) is 5.56 Å². The van der Waals surface area contributed by atoms with E-state index in [0.717, 1.165) is 0 Å². The molecule has 0 spiro atoms. The number of hydrogen-bond acceptors (Lipinski definition) is 4. The maximum Gasteiger partial charge on any atom is 0.254 e. The van der Waals surface area contributed by atoms with Crippen LogP contribution < -0.4 is 10.6 Å². The van der Waals surface area contributed by atoms with Crippen LogP contribution in [-0.2, 0) is 16.6 Å². The van der Waals surface area contributed by atoms with Crippen LogP contribution in [0.4, 0.5) is 0 Å². The van der Waals surface area contributed by atoms with Gasteiger partial charge in [0.05, 0.1) is 5.02 Å². The number of benzene rings is 1. The summed E-state index contributed by atoms with van der Waals surface area (Å²) in [5, 5.41) is 1.71. The van der Waals surface area contributed by atoms with Crippen LogP contribution in [0.2, 0.25) is 10.0 Å². The Labute approximate surface area is 111 Å². The average molecular weight is 298 g/mol. The topological polar surface area (TPSA) is 75.4 Å². The van der Waals surface area contributed by atoms with Gasteiger partial charge >= 0.3 is 0 Å². The van der Waals surface area contributed by atoms with Gasteiger partial charge in [-0.25, -0.2) is 13.4 Å². The highest BCUT2D eigenvalue weighted by molar-refractivity contribution is 7.89. The highest BCUT2D eigenvalue weighted by atomic mass is 35.5. The van der Waals surface area contributed by atoms with Crippen LogP contribution in [0.25, 0.3) is 0 Å². The van der Waals surface area contributed by atoms with Crippen LogP contribution in [0.15, 0.2) is 17.0 Å². The molecule has 0 heterocycles. The molecule has 0 aliphatic heterocycles. The van der Waals surface area contributed by atoms with Crippen molar-refractivity contribution < 1.29 is 8.42 Å². The lowest BCUT2D eigenvalue weighted by Crippen LogP contribution is -2.36. The van der Waals surface area contributed by atoms with Crippen LogP contribution in [-0.4, -0.2) is 27.5 Å². The third-order valence-corrected chi connectivity index (χ3v) is 4.37. The molecule has 0 atom stereocenters. The summed E-state index contributed by atoms with van der Waals surface area (Å²) < 4.78 is 23.8. The molecule has 1 aromatic rings. The summed E-state index contributed by atoms with van der Waals surface area (Å²) in [7, 11) is -0.588.